The molecule has 0 unspecified atom stereocenters. The van der Waals surface area contributed by atoms with Crippen LogP contribution >= 0.6 is 10.7 Å². The first-order valence-corrected chi connectivity index (χ1v) is 6.01. The van der Waals surface area contributed by atoms with Crippen LogP contribution in [0, 0.1) is 5.41 Å². The first kappa shape index (κ1) is 7.83. The molecule has 11 heavy (non-hydrogen) atoms. The zero-order valence-electron chi connectivity index (χ0n) is 5.92. The Hall–Kier alpha value is 0.200. The first-order valence-electron chi connectivity index (χ1n) is 3.53. The Morgan fingerprint density at radius 2 is 2.18 bits per heavy atom. The molecule has 0 aromatic rings. The molecule has 1 saturated carbocycles. The SMILES string of the molecule is O=S(=O)(Cl)CC12COC(C1)C2. The lowest BCUT2D eigenvalue weighted by atomic mass is 9.72. The van der Waals surface area contributed by atoms with Gasteiger partial charge in [-0.25, -0.2) is 8.42 Å². The van der Waals surface area contributed by atoms with Crippen molar-refractivity contribution in [2.24, 2.45) is 5.41 Å². The highest BCUT2D eigenvalue weighted by Gasteiger charge is 2.53. The van der Waals surface area contributed by atoms with Gasteiger partial charge in [0.05, 0.1) is 18.5 Å². The predicted molar refractivity (Wildman–Crippen MR) is 41.0 cm³/mol. The minimum atomic E-state index is -3.34. The zero-order valence-corrected chi connectivity index (χ0v) is 7.49. The molecule has 0 amide bonds. The van der Waals surface area contributed by atoms with Gasteiger partial charge in [-0.2, -0.15) is 0 Å². The van der Waals surface area contributed by atoms with E-state index in [9.17, 15) is 8.42 Å². The third-order valence-electron chi connectivity index (χ3n) is 2.43. The molecule has 1 aliphatic carbocycles. The van der Waals surface area contributed by atoms with Crippen LogP contribution in [-0.4, -0.2) is 26.9 Å². The number of hydrogen-bond acceptors (Lipinski definition) is 3. The van der Waals surface area contributed by atoms with Gasteiger partial charge in [-0.3, -0.25) is 0 Å². The Kier molecular flexibility index (Phi) is 1.51. The maximum atomic E-state index is 10.7. The van der Waals surface area contributed by atoms with Gasteiger partial charge >= 0.3 is 0 Å². The van der Waals surface area contributed by atoms with Gasteiger partial charge in [-0.1, -0.05) is 0 Å². The van der Waals surface area contributed by atoms with E-state index in [1.807, 2.05) is 0 Å². The molecule has 0 spiro atoms. The second-order valence-electron chi connectivity index (χ2n) is 3.52. The van der Waals surface area contributed by atoms with E-state index >= 15 is 0 Å². The molecule has 0 aromatic carbocycles. The molecule has 2 aliphatic heterocycles. The van der Waals surface area contributed by atoms with Crippen LogP contribution in [0.1, 0.15) is 12.8 Å². The fourth-order valence-corrected chi connectivity index (χ4v) is 3.71. The van der Waals surface area contributed by atoms with Crippen LogP contribution in [0.4, 0.5) is 0 Å². The summed E-state index contributed by atoms with van der Waals surface area (Å²) in [6, 6.07) is 0. The van der Waals surface area contributed by atoms with E-state index in [1.54, 1.807) is 0 Å². The minimum absolute atomic E-state index is 0.0814. The second-order valence-corrected chi connectivity index (χ2v) is 6.30. The molecule has 0 N–H and O–H groups in total. The van der Waals surface area contributed by atoms with Crippen molar-refractivity contribution in [3.63, 3.8) is 0 Å². The van der Waals surface area contributed by atoms with E-state index in [2.05, 4.69) is 0 Å². The van der Waals surface area contributed by atoms with E-state index < -0.39 is 9.05 Å². The van der Waals surface area contributed by atoms with Gasteiger partial charge < -0.3 is 4.74 Å². The number of rotatable bonds is 2. The first-order chi connectivity index (χ1) is 4.99. The molecule has 2 bridgehead atoms. The predicted octanol–water partition coefficient (Wildman–Crippen LogP) is 0.734. The van der Waals surface area contributed by atoms with Crippen LogP contribution < -0.4 is 0 Å². The van der Waals surface area contributed by atoms with Crippen LogP contribution in [0.3, 0.4) is 0 Å². The quantitative estimate of drug-likeness (QED) is 0.612. The maximum absolute atomic E-state index is 10.7. The molecular formula is C6H9ClO3S. The molecule has 0 aromatic heterocycles. The summed E-state index contributed by atoms with van der Waals surface area (Å²) in [5.74, 6) is 0.0814. The van der Waals surface area contributed by atoms with Gasteiger partial charge in [-0.05, 0) is 12.8 Å². The van der Waals surface area contributed by atoms with Gasteiger partial charge in [0.25, 0.3) is 0 Å². The summed E-state index contributed by atoms with van der Waals surface area (Å²) in [5.41, 5.74) is -0.120. The molecule has 2 saturated heterocycles. The smallest absolute Gasteiger partial charge is 0.233 e. The van der Waals surface area contributed by atoms with Crippen LogP contribution in [0.5, 0.6) is 0 Å². The lowest BCUT2D eigenvalue weighted by Gasteiger charge is -2.33. The lowest BCUT2D eigenvalue weighted by molar-refractivity contribution is 0.116. The van der Waals surface area contributed by atoms with Crippen LogP contribution in [0.15, 0.2) is 0 Å². The fraction of sp³-hybridized carbons (Fsp3) is 1.00. The van der Waals surface area contributed by atoms with Crippen molar-refractivity contribution in [3.8, 4) is 0 Å². The highest BCUT2D eigenvalue weighted by molar-refractivity contribution is 8.13. The Balaban J connectivity index is 2.07. The van der Waals surface area contributed by atoms with E-state index in [1.165, 1.54) is 0 Å². The summed E-state index contributed by atoms with van der Waals surface area (Å²) in [5, 5.41) is 0. The number of hydrogen-bond donors (Lipinski definition) is 0. The number of ether oxygens (including phenoxy) is 1. The highest BCUT2D eigenvalue weighted by Crippen LogP contribution is 2.50. The van der Waals surface area contributed by atoms with Crippen molar-refractivity contribution in [1.29, 1.82) is 0 Å². The summed E-state index contributed by atoms with van der Waals surface area (Å²) in [6.07, 6.45) is 2.06. The van der Waals surface area contributed by atoms with E-state index in [0.717, 1.165) is 12.8 Å². The molecule has 0 radical (unpaired) electrons. The standard InChI is InChI=1S/C6H9ClO3S/c7-11(8,9)4-6-1-5(2-6)10-3-6/h5H,1-4H2. The number of halogens is 1. The second kappa shape index (κ2) is 2.12. The molecular weight excluding hydrogens is 188 g/mol. The monoisotopic (exact) mass is 196 g/mol. The summed E-state index contributed by atoms with van der Waals surface area (Å²) in [7, 11) is 1.81. The molecule has 3 fully saturated rings. The topological polar surface area (TPSA) is 43.4 Å². The lowest BCUT2D eigenvalue weighted by Crippen LogP contribution is -2.37. The van der Waals surface area contributed by atoms with E-state index in [0.29, 0.717) is 12.7 Å². The third kappa shape index (κ3) is 1.39. The van der Waals surface area contributed by atoms with Gasteiger partial charge in [0.1, 0.15) is 0 Å². The van der Waals surface area contributed by atoms with Crippen LogP contribution in [-0.2, 0) is 13.8 Å². The van der Waals surface area contributed by atoms with E-state index in [-0.39, 0.29) is 11.2 Å². The van der Waals surface area contributed by atoms with Crippen molar-refractivity contribution in [1.82, 2.24) is 0 Å². The average Bonchev–Trinajstić information content (AvgIpc) is 2.15. The molecule has 0 atom stereocenters. The molecule has 2 heterocycles. The van der Waals surface area contributed by atoms with Gasteiger partial charge in [0.2, 0.25) is 9.05 Å². The summed E-state index contributed by atoms with van der Waals surface area (Å²) in [6.45, 7) is 0.573. The van der Waals surface area contributed by atoms with E-state index in [4.69, 9.17) is 15.4 Å². The van der Waals surface area contributed by atoms with Crippen molar-refractivity contribution >= 4 is 19.7 Å². The minimum Gasteiger partial charge on any atom is -0.378 e. The highest BCUT2D eigenvalue weighted by atomic mass is 35.7. The number of fused-ring (bicyclic) bond motifs is 1. The summed E-state index contributed by atoms with van der Waals surface area (Å²) in [4.78, 5) is 0. The largest absolute Gasteiger partial charge is 0.378 e. The molecule has 5 heteroatoms. The summed E-state index contributed by atoms with van der Waals surface area (Å²) < 4.78 is 26.7. The molecule has 3 rings (SSSR count). The van der Waals surface area contributed by atoms with Gasteiger partial charge in [0.15, 0.2) is 0 Å². The van der Waals surface area contributed by atoms with Crippen molar-refractivity contribution in [2.75, 3.05) is 12.4 Å². The molecule has 3 nitrogen and oxygen atoms in total. The Bertz CT molecular complexity index is 260. The Morgan fingerprint density at radius 3 is 2.55 bits per heavy atom. The van der Waals surface area contributed by atoms with Gasteiger partial charge in [0, 0.05) is 16.1 Å². The third-order valence-corrected chi connectivity index (χ3v) is 3.71. The normalized spacial score (nSPS) is 42.1. The van der Waals surface area contributed by atoms with Crippen molar-refractivity contribution in [3.05, 3.63) is 0 Å². The van der Waals surface area contributed by atoms with Crippen molar-refractivity contribution in [2.45, 2.75) is 18.9 Å². The van der Waals surface area contributed by atoms with Crippen LogP contribution in [0.25, 0.3) is 0 Å². The Morgan fingerprint density at radius 1 is 1.55 bits per heavy atom. The fourth-order valence-electron chi connectivity index (χ4n) is 1.96. The summed E-state index contributed by atoms with van der Waals surface area (Å²) >= 11 is 0. The maximum Gasteiger partial charge on any atom is 0.233 e. The zero-order chi connectivity index (χ0) is 8.11. The van der Waals surface area contributed by atoms with Crippen molar-refractivity contribution < 1.29 is 13.2 Å². The molecule has 64 valence electrons. The molecule has 3 aliphatic rings. The van der Waals surface area contributed by atoms with Crippen LogP contribution in [0.2, 0.25) is 0 Å². The van der Waals surface area contributed by atoms with Gasteiger partial charge in [-0.15, -0.1) is 0 Å². The Labute approximate surface area is 70.1 Å². The average molecular weight is 197 g/mol.